The summed E-state index contributed by atoms with van der Waals surface area (Å²) in [6, 6.07) is 12.5. The van der Waals surface area contributed by atoms with Crippen LogP contribution >= 0.6 is 0 Å². The molecular formula is C36H47F3O. The van der Waals surface area contributed by atoms with Crippen molar-refractivity contribution >= 4 is 0 Å². The quantitative estimate of drug-likeness (QED) is 0.225. The standard InChI is InChI=1S/C36H47F3O/c1-3-5-7-9-28-12-20-32(21-13-28)33-22-23-34(35(37)26-33)36(38,39)40-25-24-29-14-18-31(19-15-29)30-16-10-27(11-17-30)8-6-4-2/h3-5,14-15,18-19,22-23,26-28,30,32H,2,6-13,16-17,20-21,24-25H2,1H3. The van der Waals surface area contributed by atoms with Crippen LogP contribution in [0, 0.1) is 17.7 Å². The van der Waals surface area contributed by atoms with Crippen molar-refractivity contribution in [2.75, 3.05) is 6.61 Å². The Labute approximate surface area is 239 Å². The molecule has 0 spiro atoms. The Kier molecular flexibility index (Phi) is 11.5. The highest BCUT2D eigenvalue weighted by molar-refractivity contribution is 5.29. The van der Waals surface area contributed by atoms with Gasteiger partial charge in [0.15, 0.2) is 0 Å². The highest BCUT2D eigenvalue weighted by Gasteiger charge is 2.36. The van der Waals surface area contributed by atoms with Crippen molar-refractivity contribution in [3.63, 3.8) is 0 Å². The van der Waals surface area contributed by atoms with Gasteiger partial charge in [-0.05, 0) is 143 Å². The van der Waals surface area contributed by atoms with Gasteiger partial charge in [0.05, 0.1) is 12.2 Å². The van der Waals surface area contributed by atoms with Gasteiger partial charge in [-0.1, -0.05) is 48.6 Å². The van der Waals surface area contributed by atoms with Crippen LogP contribution in [-0.4, -0.2) is 6.61 Å². The van der Waals surface area contributed by atoms with E-state index in [4.69, 9.17) is 4.74 Å². The molecule has 0 heterocycles. The van der Waals surface area contributed by atoms with Crippen LogP contribution in [0.4, 0.5) is 13.2 Å². The number of hydrogen-bond acceptors (Lipinski definition) is 1. The summed E-state index contributed by atoms with van der Waals surface area (Å²) in [7, 11) is 0. The maximum absolute atomic E-state index is 14.9. The van der Waals surface area contributed by atoms with Crippen molar-refractivity contribution in [1.29, 1.82) is 0 Å². The molecule has 1 nitrogen and oxygen atoms in total. The first-order valence-electron chi connectivity index (χ1n) is 15.5. The molecule has 2 saturated carbocycles. The van der Waals surface area contributed by atoms with E-state index in [2.05, 4.69) is 30.9 Å². The van der Waals surface area contributed by atoms with Gasteiger partial charge in [0.2, 0.25) is 0 Å². The van der Waals surface area contributed by atoms with E-state index in [-0.39, 0.29) is 12.5 Å². The minimum Gasteiger partial charge on any atom is -0.316 e. The zero-order valence-electron chi connectivity index (χ0n) is 24.2. The summed E-state index contributed by atoms with van der Waals surface area (Å²) in [4.78, 5) is 0. The van der Waals surface area contributed by atoms with Crippen LogP contribution in [0.3, 0.4) is 0 Å². The van der Waals surface area contributed by atoms with E-state index in [1.165, 1.54) is 56.2 Å². The first-order valence-corrected chi connectivity index (χ1v) is 15.5. The van der Waals surface area contributed by atoms with Crippen LogP contribution in [-0.2, 0) is 17.3 Å². The van der Waals surface area contributed by atoms with E-state index >= 15 is 0 Å². The van der Waals surface area contributed by atoms with Crippen LogP contribution in [0.2, 0.25) is 0 Å². The number of halogens is 3. The molecule has 0 N–H and O–H groups in total. The predicted octanol–water partition coefficient (Wildman–Crippen LogP) is 11.0. The van der Waals surface area contributed by atoms with Crippen LogP contribution in [0.5, 0.6) is 0 Å². The Bertz CT molecular complexity index is 1070. The van der Waals surface area contributed by atoms with E-state index in [1.54, 1.807) is 6.07 Å². The van der Waals surface area contributed by atoms with E-state index in [0.717, 1.165) is 55.6 Å². The average Bonchev–Trinajstić information content (AvgIpc) is 2.97. The zero-order chi connectivity index (χ0) is 28.4. The molecule has 2 aliphatic carbocycles. The van der Waals surface area contributed by atoms with Crippen LogP contribution in [0.1, 0.15) is 118 Å². The predicted molar refractivity (Wildman–Crippen MR) is 159 cm³/mol. The number of allylic oxidation sites excluding steroid dienone is 3. The van der Waals surface area contributed by atoms with Crippen molar-refractivity contribution in [2.24, 2.45) is 11.8 Å². The van der Waals surface area contributed by atoms with Crippen LogP contribution in [0.15, 0.2) is 67.3 Å². The third-order valence-corrected chi connectivity index (χ3v) is 9.35. The van der Waals surface area contributed by atoms with Gasteiger partial charge in [-0.2, -0.15) is 8.78 Å². The Morgan fingerprint density at radius 2 is 1.40 bits per heavy atom. The van der Waals surface area contributed by atoms with Crippen LogP contribution in [0.25, 0.3) is 0 Å². The third-order valence-electron chi connectivity index (χ3n) is 9.35. The second-order valence-electron chi connectivity index (χ2n) is 12.0. The molecule has 0 bridgehead atoms. The lowest BCUT2D eigenvalue weighted by molar-refractivity contribution is -0.249. The lowest BCUT2D eigenvalue weighted by atomic mass is 9.77. The van der Waals surface area contributed by atoms with Gasteiger partial charge in [-0.25, -0.2) is 4.39 Å². The summed E-state index contributed by atoms with van der Waals surface area (Å²) < 4.78 is 49.5. The Balaban J connectivity index is 1.23. The van der Waals surface area contributed by atoms with Crippen LogP contribution < -0.4 is 0 Å². The maximum atomic E-state index is 14.9. The zero-order valence-corrected chi connectivity index (χ0v) is 24.2. The molecule has 0 radical (unpaired) electrons. The van der Waals surface area contributed by atoms with E-state index in [0.29, 0.717) is 18.3 Å². The first kappa shape index (κ1) is 30.6. The summed E-state index contributed by atoms with van der Waals surface area (Å²) in [5, 5.41) is 0. The molecule has 0 atom stereocenters. The van der Waals surface area contributed by atoms with Gasteiger partial charge in [-0.3, -0.25) is 0 Å². The van der Waals surface area contributed by atoms with Crippen molar-refractivity contribution in [3.05, 3.63) is 95.3 Å². The summed E-state index contributed by atoms with van der Waals surface area (Å²) in [5.74, 6) is 1.47. The summed E-state index contributed by atoms with van der Waals surface area (Å²) in [5.41, 5.74) is 2.45. The van der Waals surface area contributed by atoms with Gasteiger partial charge in [0.1, 0.15) is 5.82 Å². The van der Waals surface area contributed by atoms with E-state index in [9.17, 15) is 13.2 Å². The smallest absolute Gasteiger partial charge is 0.316 e. The molecule has 40 heavy (non-hydrogen) atoms. The fourth-order valence-electron chi connectivity index (χ4n) is 6.77. The van der Waals surface area contributed by atoms with Crippen molar-refractivity contribution < 1.29 is 17.9 Å². The number of benzene rings is 2. The molecule has 0 unspecified atom stereocenters. The number of ether oxygens (including phenoxy) is 1. The third kappa shape index (κ3) is 8.59. The Hall–Kier alpha value is -2.33. The molecule has 4 heteroatoms. The number of alkyl halides is 2. The molecule has 2 fully saturated rings. The monoisotopic (exact) mass is 552 g/mol. The summed E-state index contributed by atoms with van der Waals surface area (Å²) in [6.45, 7) is 5.70. The fraction of sp³-hybridized carbons (Fsp3) is 0.556. The lowest BCUT2D eigenvalue weighted by Crippen LogP contribution is -2.22. The first-order chi connectivity index (χ1) is 19.4. The van der Waals surface area contributed by atoms with Crippen molar-refractivity contribution in [1.82, 2.24) is 0 Å². The highest BCUT2D eigenvalue weighted by atomic mass is 19.3. The highest BCUT2D eigenvalue weighted by Crippen LogP contribution is 2.40. The van der Waals surface area contributed by atoms with Gasteiger partial charge >= 0.3 is 6.11 Å². The largest absolute Gasteiger partial charge is 0.386 e. The molecule has 0 amide bonds. The van der Waals surface area contributed by atoms with E-state index in [1.807, 2.05) is 25.1 Å². The van der Waals surface area contributed by atoms with E-state index < -0.39 is 17.5 Å². The molecule has 0 aliphatic heterocycles. The second-order valence-corrected chi connectivity index (χ2v) is 12.0. The topological polar surface area (TPSA) is 9.23 Å². The maximum Gasteiger partial charge on any atom is 0.386 e. The molecule has 2 aromatic carbocycles. The summed E-state index contributed by atoms with van der Waals surface area (Å²) in [6.07, 6.45) is 16.8. The van der Waals surface area contributed by atoms with Gasteiger partial charge in [0.25, 0.3) is 0 Å². The molecule has 2 aromatic rings. The minimum atomic E-state index is -3.66. The number of hydrogen-bond donors (Lipinski definition) is 0. The molecule has 2 aliphatic rings. The molecule has 218 valence electrons. The molecule has 0 aromatic heterocycles. The lowest BCUT2D eigenvalue weighted by Gasteiger charge is -2.29. The van der Waals surface area contributed by atoms with Gasteiger partial charge in [-0.15, -0.1) is 6.58 Å². The molecule has 4 rings (SSSR count). The normalized spacial score (nSPS) is 23.9. The molecular weight excluding hydrogens is 505 g/mol. The van der Waals surface area contributed by atoms with Gasteiger partial charge < -0.3 is 4.74 Å². The van der Waals surface area contributed by atoms with Crippen molar-refractivity contribution in [2.45, 2.75) is 108 Å². The molecule has 0 saturated heterocycles. The Morgan fingerprint density at radius 3 is 1.98 bits per heavy atom. The second kappa shape index (κ2) is 15.1. The SMILES string of the molecule is C=CCCC1CCC(c2ccc(CCOC(F)(F)c3ccc(C4CCC(CCC=CC)CC4)cc3F)cc2)CC1. The minimum absolute atomic E-state index is 0.167. The van der Waals surface area contributed by atoms with Crippen molar-refractivity contribution in [3.8, 4) is 0 Å². The van der Waals surface area contributed by atoms with Gasteiger partial charge in [0, 0.05) is 0 Å². The summed E-state index contributed by atoms with van der Waals surface area (Å²) >= 11 is 0. The fourth-order valence-corrected chi connectivity index (χ4v) is 6.77. The average molecular weight is 553 g/mol. The number of rotatable bonds is 13. The Morgan fingerprint density at radius 1 is 0.825 bits per heavy atom.